The third-order valence-electron chi connectivity index (χ3n) is 3.21. The van der Waals surface area contributed by atoms with Crippen LogP contribution in [0.25, 0.3) is 0 Å². The van der Waals surface area contributed by atoms with Gasteiger partial charge in [-0.15, -0.1) is 0 Å². The van der Waals surface area contributed by atoms with Crippen LogP contribution in [-0.4, -0.2) is 22.4 Å². The molecule has 2 rings (SSSR count). The van der Waals surface area contributed by atoms with Gasteiger partial charge < -0.3 is 5.32 Å². The lowest BCUT2D eigenvalue weighted by molar-refractivity contribution is 0.453. The molecule has 1 fully saturated rings. The first-order chi connectivity index (χ1) is 7.29. The fourth-order valence-corrected chi connectivity index (χ4v) is 2.15. The van der Waals surface area contributed by atoms with Gasteiger partial charge in [0.25, 0.3) is 0 Å². The highest BCUT2D eigenvalue weighted by molar-refractivity contribution is 5.04. The second-order valence-corrected chi connectivity index (χ2v) is 4.58. The number of aryl methyl sites for hydroxylation is 1. The molecule has 0 bridgehead atoms. The number of hydrogen-bond donors (Lipinski definition) is 1. The smallest absolute Gasteiger partial charge is 0.0522 e. The Labute approximate surface area is 91.9 Å². The quantitative estimate of drug-likeness (QED) is 0.770. The molecule has 1 aliphatic rings. The normalized spacial score (nSPS) is 18.0. The Bertz CT molecular complexity index is 302. The number of nitrogens with zero attached hydrogens (tertiary/aromatic N) is 2. The summed E-state index contributed by atoms with van der Waals surface area (Å²) in [5.74, 6) is 0.962. The minimum Gasteiger partial charge on any atom is -0.313 e. The Morgan fingerprint density at radius 1 is 1.60 bits per heavy atom. The second-order valence-electron chi connectivity index (χ2n) is 4.58. The molecule has 0 radical (unpaired) electrons. The number of nitrogens with one attached hydrogen (secondary N) is 1. The molecule has 1 saturated carbocycles. The zero-order chi connectivity index (χ0) is 10.7. The van der Waals surface area contributed by atoms with Crippen LogP contribution in [-0.2, 0) is 13.5 Å². The molecule has 1 aromatic rings. The largest absolute Gasteiger partial charge is 0.313 e. The maximum Gasteiger partial charge on any atom is 0.0522 e. The molecular weight excluding hydrogens is 186 g/mol. The van der Waals surface area contributed by atoms with Gasteiger partial charge in [-0.25, -0.2) is 0 Å². The molecule has 0 spiro atoms. The first-order valence-electron chi connectivity index (χ1n) is 6.00. The zero-order valence-electron chi connectivity index (χ0n) is 9.74. The van der Waals surface area contributed by atoms with Crippen LogP contribution in [0.5, 0.6) is 0 Å². The van der Waals surface area contributed by atoms with Gasteiger partial charge in [0, 0.05) is 19.3 Å². The monoisotopic (exact) mass is 207 g/mol. The van der Waals surface area contributed by atoms with Gasteiger partial charge in [0.15, 0.2) is 0 Å². The van der Waals surface area contributed by atoms with E-state index >= 15 is 0 Å². The molecule has 0 saturated heterocycles. The van der Waals surface area contributed by atoms with Gasteiger partial charge in [-0.3, -0.25) is 4.68 Å². The van der Waals surface area contributed by atoms with Gasteiger partial charge in [-0.1, -0.05) is 6.92 Å². The molecule has 3 nitrogen and oxygen atoms in total. The van der Waals surface area contributed by atoms with Crippen LogP contribution in [0.3, 0.4) is 0 Å². The van der Waals surface area contributed by atoms with E-state index in [0.717, 1.165) is 24.9 Å². The van der Waals surface area contributed by atoms with Crippen molar-refractivity contribution in [3.8, 4) is 0 Å². The summed E-state index contributed by atoms with van der Waals surface area (Å²) < 4.78 is 1.87. The minimum atomic E-state index is 0.752. The van der Waals surface area contributed by atoms with E-state index in [-0.39, 0.29) is 0 Å². The molecule has 1 aliphatic carbocycles. The number of rotatable bonds is 6. The van der Waals surface area contributed by atoms with Crippen LogP contribution in [0.2, 0.25) is 0 Å². The van der Waals surface area contributed by atoms with E-state index in [0.29, 0.717) is 0 Å². The highest BCUT2D eigenvalue weighted by atomic mass is 15.2. The SMILES string of the molecule is CCC(NCCc1cnn(C)c1)C1CC1. The molecule has 0 aliphatic heterocycles. The van der Waals surface area contributed by atoms with Crippen molar-refractivity contribution in [3.05, 3.63) is 18.0 Å². The van der Waals surface area contributed by atoms with E-state index < -0.39 is 0 Å². The minimum absolute atomic E-state index is 0.752. The van der Waals surface area contributed by atoms with E-state index in [1.165, 1.54) is 24.8 Å². The first-order valence-corrected chi connectivity index (χ1v) is 6.00. The Hall–Kier alpha value is -0.830. The molecule has 1 unspecified atom stereocenters. The standard InChI is InChI=1S/C12H21N3/c1-3-12(11-4-5-11)13-7-6-10-8-14-15(2)9-10/h8-9,11-13H,3-7H2,1-2H3. The van der Waals surface area contributed by atoms with Gasteiger partial charge >= 0.3 is 0 Å². The Balaban J connectivity index is 1.69. The lowest BCUT2D eigenvalue weighted by Crippen LogP contribution is -2.31. The topological polar surface area (TPSA) is 29.9 Å². The van der Waals surface area contributed by atoms with Crippen molar-refractivity contribution >= 4 is 0 Å². The van der Waals surface area contributed by atoms with Crippen LogP contribution in [0, 0.1) is 5.92 Å². The van der Waals surface area contributed by atoms with Crippen molar-refractivity contribution in [3.63, 3.8) is 0 Å². The fourth-order valence-electron chi connectivity index (χ4n) is 2.15. The molecule has 15 heavy (non-hydrogen) atoms. The van der Waals surface area contributed by atoms with Gasteiger partial charge in [0.1, 0.15) is 0 Å². The molecule has 1 N–H and O–H groups in total. The average Bonchev–Trinajstić information content (AvgIpc) is 2.98. The fraction of sp³-hybridized carbons (Fsp3) is 0.750. The van der Waals surface area contributed by atoms with E-state index in [4.69, 9.17) is 0 Å². The van der Waals surface area contributed by atoms with Crippen molar-refractivity contribution in [2.24, 2.45) is 13.0 Å². The van der Waals surface area contributed by atoms with Crippen molar-refractivity contribution in [1.29, 1.82) is 0 Å². The van der Waals surface area contributed by atoms with E-state index in [9.17, 15) is 0 Å². The maximum atomic E-state index is 4.17. The Morgan fingerprint density at radius 2 is 2.40 bits per heavy atom. The summed E-state index contributed by atoms with van der Waals surface area (Å²) in [5.41, 5.74) is 1.33. The summed E-state index contributed by atoms with van der Waals surface area (Å²) in [4.78, 5) is 0. The Kier molecular flexibility index (Phi) is 3.41. The molecule has 1 atom stereocenters. The van der Waals surface area contributed by atoms with Crippen LogP contribution in [0.1, 0.15) is 31.7 Å². The zero-order valence-corrected chi connectivity index (χ0v) is 9.74. The summed E-state index contributed by atoms with van der Waals surface area (Å²) >= 11 is 0. The maximum absolute atomic E-state index is 4.17. The predicted molar refractivity (Wildman–Crippen MR) is 61.7 cm³/mol. The number of aromatic nitrogens is 2. The summed E-state index contributed by atoms with van der Waals surface area (Å²) in [5, 5.41) is 7.82. The number of hydrogen-bond acceptors (Lipinski definition) is 2. The lowest BCUT2D eigenvalue weighted by Gasteiger charge is -2.15. The molecule has 0 aromatic carbocycles. The van der Waals surface area contributed by atoms with Crippen molar-refractivity contribution in [2.45, 2.75) is 38.6 Å². The van der Waals surface area contributed by atoms with Crippen molar-refractivity contribution < 1.29 is 0 Å². The highest BCUT2D eigenvalue weighted by Crippen LogP contribution is 2.33. The molecule has 0 amide bonds. The molecule has 3 heteroatoms. The van der Waals surface area contributed by atoms with Crippen molar-refractivity contribution in [2.75, 3.05) is 6.54 Å². The van der Waals surface area contributed by atoms with E-state index in [2.05, 4.69) is 23.5 Å². The third kappa shape index (κ3) is 3.06. The van der Waals surface area contributed by atoms with E-state index in [1.54, 1.807) is 0 Å². The van der Waals surface area contributed by atoms with Crippen molar-refractivity contribution in [1.82, 2.24) is 15.1 Å². The molecule has 1 aromatic heterocycles. The summed E-state index contributed by atoms with van der Waals surface area (Å²) in [6.07, 6.45) is 9.27. The van der Waals surface area contributed by atoms with Gasteiger partial charge in [0.2, 0.25) is 0 Å². The van der Waals surface area contributed by atoms with Gasteiger partial charge in [-0.05, 0) is 43.7 Å². The lowest BCUT2D eigenvalue weighted by atomic mass is 10.1. The summed E-state index contributed by atoms with van der Waals surface area (Å²) in [6, 6.07) is 0.752. The average molecular weight is 207 g/mol. The molecule has 1 heterocycles. The van der Waals surface area contributed by atoms with Crippen LogP contribution in [0.15, 0.2) is 12.4 Å². The second kappa shape index (κ2) is 4.79. The summed E-state index contributed by atoms with van der Waals surface area (Å²) in [7, 11) is 1.97. The molecular formula is C12H21N3. The highest BCUT2D eigenvalue weighted by Gasteiger charge is 2.29. The summed E-state index contributed by atoms with van der Waals surface area (Å²) in [6.45, 7) is 3.36. The van der Waals surface area contributed by atoms with Crippen LogP contribution < -0.4 is 5.32 Å². The molecule has 84 valence electrons. The van der Waals surface area contributed by atoms with Crippen LogP contribution >= 0.6 is 0 Å². The van der Waals surface area contributed by atoms with Gasteiger partial charge in [-0.2, -0.15) is 5.10 Å². The predicted octanol–water partition coefficient (Wildman–Crippen LogP) is 1.74. The van der Waals surface area contributed by atoms with E-state index in [1.807, 2.05) is 17.9 Å². The Morgan fingerprint density at radius 3 is 2.93 bits per heavy atom. The van der Waals surface area contributed by atoms with Gasteiger partial charge in [0.05, 0.1) is 6.20 Å². The first kappa shape index (κ1) is 10.7. The van der Waals surface area contributed by atoms with Crippen LogP contribution in [0.4, 0.5) is 0 Å². The third-order valence-corrected chi connectivity index (χ3v) is 3.21.